The normalized spacial score (nSPS) is 17.8. The van der Waals surface area contributed by atoms with Crippen molar-refractivity contribution in [3.05, 3.63) is 58.5 Å². The highest BCUT2D eigenvalue weighted by atomic mass is 32.2. The Labute approximate surface area is 176 Å². The molecule has 1 saturated heterocycles. The molecule has 5 nitrogen and oxygen atoms in total. The number of carbonyl (C=O) groups excluding carboxylic acids is 1. The van der Waals surface area contributed by atoms with Crippen LogP contribution in [0.5, 0.6) is 11.5 Å². The van der Waals surface area contributed by atoms with E-state index in [-0.39, 0.29) is 11.9 Å². The average molecular weight is 411 g/mol. The summed E-state index contributed by atoms with van der Waals surface area (Å²) in [5.41, 5.74) is 2.89. The molecule has 0 aromatic heterocycles. The molecule has 6 heteroatoms. The topological polar surface area (TPSA) is 51.1 Å². The molecular formula is C23H26N2O3S. The van der Waals surface area contributed by atoms with Gasteiger partial charge in [0, 0.05) is 6.04 Å². The van der Waals surface area contributed by atoms with Crippen LogP contribution < -0.4 is 9.47 Å². The van der Waals surface area contributed by atoms with Crippen LogP contribution in [0.4, 0.5) is 5.69 Å². The van der Waals surface area contributed by atoms with E-state index < -0.39 is 0 Å². The summed E-state index contributed by atoms with van der Waals surface area (Å²) in [7, 11) is 3.20. The number of carbonyl (C=O) groups is 1. The van der Waals surface area contributed by atoms with Crippen molar-refractivity contribution in [2.24, 2.45) is 4.99 Å². The predicted molar refractivity (Wildman–Crippen MR) is 120 cm³/mol. The van der Waals surface area contributed by atoms with E-state index in [0.29, 0.717) is 21.6 Å². The van der Waals surface area contributed by atoms with Crippen LogP contribution in [-0.4, -0.2) is 36.2 Å². The van der Waals surface area contributed by atoms with Crippen LogP contribution in [0.1, 0.15) is 31.4 Å². The number of amides is 1. The third kappa shape index (κ3) is 4.65. The van der Waals surface area contributed by atoms with Gasteiger partial charge in [0.25, 0.3) is 5.91 Å². The fourth-order valence-corrected chi connectivity index (χ4v) is 4.05. The van der Waals surface area contributed by atoms with Crippen molar-refractivity contribution in [2.45, 2.75) is 33.2 Å². The minimum Gasteiger partial charge on any atom is -0.493 e. The lowest BCUT2D eigenvalue weighted by Gasteiger charge is -2.22. The summed E-state index contributed by atoms with van der Waals surface area (Å²) in [5.74, 6) is 1.26. The number of amidine groups is 1. The molecule has 3 rings (SSSR count). The van der Waals surface area contributed by atoms with Crippen LogP contribution in [0.15, 0.2) is 52.4 Å². The van der Waals surface area contributed by atoms with E-state index in [2.05, 4.69) is 6.92 Å². The molecule has 29 heavy (non-hydrogen) atoms. The van der Waals surface area contributed by atoms with Gasteiger partial charge in [-0.15, -0.1) is 0 Å². The Morgan fingerprint density at radius 3 is 2.41 bits per heavy atom. The number of hydrogen-bond donors (Lipinski definition) is 0. The number of thioether (sulfide) groups is 1. The average Bonchev–Trinajstić information content (AvgIpc) is 3.03. The van der Waals surface area contributed by atoms with Crippen LogP contribution in [0.2, 0.25) is 0 Å². The number of benzene rings is 2. The van der Waals surface area contributed by atoms with Crippen molar-refractivity contribution in [1.82, 2.24) is 4.90 Å². The molecule has 1 aliphatic heterocycles. The molecule has 1 heterocycles. The van der Waals surface area contributed by atoms with E-state index in [1.807, 2.05) is 62.4 Å². The molecule has 1 fully saturated rings. The fourth-order valence-electron chi connectivity index (χ4n) is 2.96. The molecule has 0 radical (unpaired) electrons. The van der Waals surface area contributed by atoms with Gasteiger partial charge in [0.15, 0.2) is 16.7 Å². The van der Waals surface area contributed by atoms with Crippen molar-refractivity contribution < 1.29 is 14.3 Å². The van der Waals surface area contributed by atoms with E-state index >= 15 is 0 Å². The Morgan fingerprint density at radius 2 is 1.79 bits per heavy atom. The van der Waals surface area contributed by atoms with Gasteiger partial charge in [0.1, 0.15) is 0 Å². The highest BCUT2D eigenvalue weighted by Gasteiger charge is 2.36. The zero-order valence-electron chi connectivity index (χ0n) is 17.4. The Balaban J connectivity index is 1.97. The maximum Gasteiger partial charge on any atom is 0.266 e. The quantitative estimate of drug-likeness (QED) is 0.597. The summed E-state index contributed by atoms with van der Waals surface area (Å²) >= 11 is 1.40. The molecule has 1 amide bonds. The van der Waals surface area contributed by atoms with Crippen molar-refractivity contribution in [3.8, 4) is 11.5 Å². The highest BCUT2D eigenvalue weighted by Crippen LogP contribution is 2.37. The van der Waals surface area contributed by atoms with Crippen molar-refractivity contribution in [3.63, 3.8) is 0 Å². The van der Waals surface area contributed by atoms with Gasteiger partial charge in [-0.25, -0.2) is 4.99 Å². The smallest absolute Gasteiger partial charge is 0.266 e. The van der Waals surface area contributed by atoms with Gasteiger partial charge >= 0.3 is 0 Å². The van der Waals surface area contributed by atoms with Crippen molar-refractivity contribution in [1.29, 1.82) is 0 Å². The Hall–Kier alpha value is -2.73. The lowest BCUT2D eigenvalue weighted by atomic mass is 10.1. The van der Waals surface area contributed by atoms with Gasteiger partial charge in [-0.3, -0.25) is 9.69 Å². The minimum atomic E-state index is -0.0232. The van der Waals surface area contributed by atoms with Crippen LogP contribution in [0, 0.1) is 6.92 Å². The van der Waals surface area contributed by atoms with Gasteiger partial charge in [-0.1, -0.05) is 30.7 Å². The molecule has 0 aliphatic carbocycles. The molecule has 0 spiro atoms. The Bertz CT molecular complexity index is 951. The molecule has 1 atom stereocenters. The number of aryl methyl sites for hydroxylation is 1. The molecule has 0 N–H and O–H groups in total. The number of nitrogens with zero attached hydrogens (tertiary/aromatic N) is 2. The van der Waals surface area contributed by atoms with Crippen molar-refractivity contribution in [2.75, 3.05) is 14.2 Å². The Morgan fingerprint density at radius 1 is 1.10 bits per heavy atom. The van der Waals surface area contributed by atoms with Crippen LogP contribution >= 0.6 is 11.8 Å². The lowest BCUT2D eigenvalue weighted by molar-refractivity contribution is -0.123. The van der Waals surface area contributed by atoms with Crippen molar-refractivity contribution >= 4 is 34.6 Å². The number of hydrogen-bond acceptors (Lipinski definition) is 5. The molecule has 2 aromatic carbocycles. The molecule has 152 valence electrons. The van der Waals surface area contributed by atoms with E-state index in [1.165, 1.54) is 17.3 Å². The second-order valence-electron chi connectivity index (χ2n) is 6.89. The standard InChI is InChI=1S/C23H26N2O3S/c1-6-16(3)25-22(26)21(14-17-9-12-19(27-4)20(13-17)28-5)29-23(25)24-18-10-7-15(2)8-11-18/h7-14,16H,6H2,1-5H3/b21-14+,24-23?/t16-/m1/s1. The van der Waals surface area contributed by atoms with Crippen LogP contribution in [0.25, 0.3) is 6.08 Å². The first-order valence-corrected chi connectivity index (χ1v) is 10.4. The summed E-state index contributed by atoms with van der Waals surface area (Å²) in [6.07, 6.45) is 2.73. The van der Waals surface area contributed by atoms with E-state index in [0.717, 1.165) is 17.7 Å². The number of aliphatic imine (C=N–C) groups is 1. The first kappa shape index (κ1) is 21.0. The molecule has 0 saturated carbocycles. The SMILES string of the molecule is CC[C@@H](C)N1C(=O)/C(=C\c2ccc(OC)c(OC)c2)SC1=Nc1ccc(C)cc1. The largest absolute Gasteiger partial charge is 0.493 e. The first-order valence-electron chi connectivity index (χ1n) is 9.57. The molecule has 1 aliphatic rings. The summed E-state index contributed by atoms with van der Waals surface area (Å²) in [4.78, 5) is 20.3. The van der Waals surface area contributed by atoms with Crippen LogP contribution in [0.3, 0.4) is 0 Å². The third-order valence-electron chi connectivity index (χ3n) is 4.83. The van der Waals surface area contributed by atoms with Gasteiger partial charge in [0.05, 0.1) is 24.8 Å². The van der Waals surface area contributed by atoms with E-state index in [4.69, 9.17) is 14.5 Å². The lowest BCUT2D eigenvalue weighted by Crippen LogP contribution is -2.36. The van der Waals surface area contributed by atoms with Gasteiger partial charge in [-0.05, 0) is 67.9 Å². The first-order chi connectivity index (χ1) is 14.0. The fraction of sp³-hybridized carbons (Fsp3) is 0.304. The van der Waals surface area contributed by atoms with E-state index in [9.17, 15) is 4.79 Å². The van der Waals surface area contributed by atoms with E-state index in [1.54, 1.807) is 19.1 Å². The zero-order valence-corrected chi connectivity index (χ0v) is 18.2. The van der Waals surface area contributed by atoms with Gasteiger partial charge in [0.2, 0.25) is 0 Å². The molecule has 0 bridgehead atoms. The number of methoxy groups -OCH3 is 2. The second kappa shape index (κ2) is 9.18. The summed E-state index contributed by atoms with van der Waals surface area (Å²) in [6.45, 7) is 6.16. The Kier molecular flexibility index (Phi) is 6.64. The van der Waals surface area contributed by atoms with Crippen LogP contribution in [-0.2, 0) is 4.79 Å². The maximum atomic E-state index is 13.1. The highest BCUT2D eigenvalue weighted by molar-refractivity contribution is 8.18. The molecular weight excluding hydrogens is 384 g/mol. The molecule has 2 aromatic rings. The summed E-state index contributed by atoms with van der Waals surface area (Å²) in [5, 5.41) is 0.708. The van der Waals surface area contributed by atoms with Gasteiger partial charge in [-0.2, -0.15) is 0 Å². The number of ether oxygens (including phenoxy) is 2. The monoisotopic (exact) mass is 410 g/mol. The minimum absolute atomic E-state index is 0.0232. The second-order valence-corrected chi connectivity index (χ2v) is 7.90. The molecule has 0 unspecified atom stereocenters. The predicted octanol–water partition coefficient (Wildman–Crippen LogP) is 5.41. The van der Waals surface area contributed by atoms with Gasteiger partial charge < -0.3 is 9.47 Å². The summed E-state index contributed by atoms with van der Waals surface area (Å²) in [6, 6.07) is 13.7. The number of rotatable bonds is 6. The summed E-state index contributed by atoms with van der Waals surface area (Å²) < 4.78 is 10.7. The maximum absolute atomic E-state index is 13.1. The zero-order chi connectivity index (χ0) is 21.0. The third-order valence-corrected chi connectivity index (χ3v) is 5.82.